The number of amides is 1. The highest BCUT2D eigenvalue weighted by Crippen LogP contribution is 2.24. The third-order valence-electron chi connectivity index (χ3n) is 4.92. The second kappa shape index (κ2) is 7.11. The highest BCUT2D eigenvalue weighted by atomic mass is 16.3. The number of nitrogens with one attached hydrogen (secondary N) is 1. The van der Waals surface area contributed by atoms with Crippen molar-refractivity contribution < 1.29 is 9.90 Å². The summed E-state index contributed by atoms with van der Waals surface area (Å²) in [6.07, 6.45) is 2.61. The molecule has 0 bridgehead atoms. The SMILES string of the molecule is Cc1cc(O)ccc1NC(=O)c1ccc(N2CCc3ccccc3C2)nc1. The smallest absolute Gasteiger partial charge is 0.257 e. The quantitative estimate of drug-likeness (QED) is 0.696. The number of anilines is 2. The van der Waals surface area contributed by atoms with E-state index in [9.17, 15) is 9.90 Å². The molecule has 27 heavy (non-hydrogen) atoms. The molecule has 3 aromatic rings. The first-order valence-electron chi connectivity index (χ1n) is 8.99. The summed E-state index contributed by atoms with van der Waals surface area (Å²) in [5, 5.41) is 12.3. The number of benzene rings is 2. The molecule has 4 rings (SSSR count). The van der Waals surface area contributed by atoms with Crippen LogP contribution in [0.1, 0.15) is 27.0 Å². The van der Waals surface area contributed by atoms with E-state index in [0.717, 1.165) is 30.9 Å². The van der Waals surface area contributed by atoms with Gasteiger partial charge in [0.05, 0.1) is 5.56 Å². The molecule has 0 saturated heterocycles. The van der Waals surface area contributed by atoms with Crippen LogP contribution in [0, 0.1) is 6.92 Å². The lowest BCUT2D eigenvalue weighted by atomic mass is 10.00. The lowest BCUT2D eigenvalue weighted by molar-refractivity contribution is 0.102. The average molecular weight is 359 g/mol. The first-order valence-corrected chi connectivity index (χ1v) is 8.99. The van der Waals surface area contributed by atoms with Gasteiger partial charge in [-0.2, -0.15) is 0 Å². The third kappa shape index (κ3) is 3.62. The number of aromatic hydroxyl groups is 1. The van der Waals surface area contributed by atoms with E-state index < -0.39 is 0 Å². The predicted octanol–water partition coefficient (Wildman–Crippen LogP) is 3.91. The highest BCUT2D eigenvalue weighted by Gasteiger charge is 2.17. The van der Waals surface area contributed by atoms with E-state index in [1.165, 1.54) is 11.1 Å². The Labute approximate surface area is 158 Å². The number of aryl methyl sites for hydroxylation is 1. The molecule has 2 N–H and O–H groups in total. The van der Waals surface area contributed by atoms with Gasteiger partial charge in [-0.1, -0.05) is 24.3 Å². The van der Waals surface area contributed by atoms with Gasteiger partial charge < -0.3 is 15.3 Å². The van der Waals surface area contributed by atoms with Crippen LogP contribution in [0.3, 0.4) is 0 Å². The minimum atomic E-state index is -0.216. The molecule has 136 valence electrons. The molecule has 5 nitrogen and oxygen atoms in total. The molecule has 2 aromatic carbocycles. The van der Waals surface area contributed by atoms with Gasteiger partial charge in [0, 0.05) is 25.0 Å². The largest absolute Gasteiger partial charge is 0.508 e. The van der Waals surface area contributed by atoms with Gasteiger partial charge in [0.1, 0.15) is 11.6 Å². The lowest BCUT2D eigenvalue weighted by Crippen LogP contribution is -2.31. The van der Waals surface area contributed by atoms with Crippen LogP contribution < -0.4 is 10.2 Å². The summed E-state index contributed by atoms with van der Waals surface area (Å²) in [6.45, 7) is 3.59. The Kier molecular flexibility index (Phi) is 4.50. The summed E-state index contributed by atoms with van der Waals surface area (Å²) in [6, 6.07) is 17.0. The van der Waals surface area contributed by atoms with Crippen LogP contribution in [0.5, 0.6) is 5.75 Å². The monoisotopic (exact) mass is 359 g/mol. The Morgan fingerprint density at radius 1 is 1.11 bits per heavy atom. The molecule has 1 amide bonds. The van der Waals surface area contributed by atoms with Gasteiger partial charge in [-0.15, -0.1) is 0 Å². The van der Waals surface area contributed by atoms with Crippen LogP contribution >= 0.6 is 0 Å². The topological polar surface area (TPSA) is 65.5 Å². The summed E-state index contributed by atoms with van der Waals surface area (Å²) in [5.41, 5.74) is 4.71. The zero-order chi connectivity index (χ0) is 18.8. The minimum Gasteiger partial charge on any atom is -0.508 e. The van der Waals surface area contributed by atoms with Crippen LogP contribution in [0.2, 0.25) is 0 Å². The summed E-state index contributed by atoms with van der Waals surface area (Å²) in [4.78, 5) is 19.2. The van der Waals surface area contributed by atoms with Gasteiger partial charge in [-0.25, -0.2) is 4.98 Å². The Bertz CT molecular complexity index is 983. The van der Waals surface area contributed by atoms with Crippen LogP contribution in [0.4, 0.5) is 11.5 Å². The van der Waals surface area contributed by atoms with Gasteiger partial charge in [-0.3, -0.25) is 4.79 Å². The summed E-state index contributed by atoms with van der Waals surface area (Å²) in [5.74, 6) is 0.841. The van der Waals surface area contributed by atoms with Crippen molar-refractivity contribution in [1.29, 1.82) is 0 Å². The van der Waals surface area contributed by atoms with E-state index in [1.807, 2.05) is 13.0 Å². The number of phenols is 1. The molecule has 0 fully saturated rings. The number of carbonyl (C=O) groups is 1. The van der Waals surface area contributed by atoms with Crippen molar-refractivity contribution in [3.05, 3.63) is 83.0 Å². The fourth-order valence-corrected chi connectivity index (χ4v) is 3.38. The summed E-state index contributed by atoms with van der Waals surface area (Å²) >= 11 is 0. The molecular formula is C22H21N3O2. The maximum atomic E-state index is 12.5. The van der Waals surface area contributed by atoms with E-state index in [4.69, 9.17) is 0 Å². The average Bonchev–Trinajstić information content (AvgIpc) is 2.70. The molecule has 1 aliphatic rings. The van der Waals surface area contributed by atoms with E-state index in [0.29, 0.717) is 11.3 Å². The number of rotatable bonds is 3. The molecule has 0 saturated carbocycles. The number of nitrogens with zero attached hydrogens (tertiary/aromatic N) is 2. The Morgan fingerprint density at radius 3 is 2.67 bits per heavy atom. The van der Waals surface area contributed by atoms with Crippen LogP contribution in [-0.4, -0.2) is 22.5 Å². The van der Waals surface area contributed by atoms with Crippen molar-refractivity contribution in [2.24, 2.45) is 0 Å². The Morgan fingerprint density at radius 2 is 1.93 bits per heavy atom. The van der Waals surface area contributed by atoms with E-state index >= 15 is 0 Å². The number of carbonyl (C=O) groups excluding carboxylic acids is 1. The molecular weight excluding hydrogens is 338 g/mol. The van der Waals surface area contributed by atoms with Crippen molar-refractivity contribution in [3.63, 3.8) is 0 Å². The van der Waals surface area contributed by atoms with Gasteiger partial charge in [0.25, 0.3) is 5.91 Å². The number of pyridine rings is 1. The molecule has 0 radical (unpaired) electrons. The third-order valence-corrected chi connectivity index (χ3v) is 4.92. The maximum absolute atomic E-state index is 12.5. The van der Waals surface area contributed by atoms with E-state index in [-0.39, 0.29) is 11.7 Å². The van der Waals surface area contributed by atoms with Gasteiger partial charge in [0.15, 0.2) is 0 Å². The molecule has 0 atom stereocenters. The summed E-state index contributed by atoms with van der Waals surface area (Å²) < 4.78 is 0. The minimum absolute atomic E-state index is 0.180. The van der Waals surface area contributed by atoms with E-state index in [2.05, 4.69) is 39.5 Å². The maximum Gasteiger partial charge on any atom is 0.257 e. The number of fused-ring (bicyclic) bond motifs is 1. The number of hydrogen-bond donors (Lipinski definition) is 2. The Hall–Kier alpha value is -3.34. The highest BCUT2D eigenvalue weighted by molar-refractivity contribution is 6.04. The zero-order valence-corrected chi connectivity index (χ0v) is 15.1. The number of hydrogen-bond acceptors (Lipinski definition) is 4. The predicted molar refractivity (Wildman–Crippen MR) is 106 cm³/mol. The van der Waals surface area contributed by atoms with Crippen LogP contribution in [-0.2, 0) is 13.0 Å². The molecule has 5 heteroatoms. The van der Waals surface area contributed by atoms with Gasteiger partial charge in [0.2, 0.25) is 0 Å². The fourth-order valence-electron chi connectivity index (χ4n) is 3.38. The van der Waals surface area contributed by atoms with E-state index in [1.54, 1.807) is 30.5 Å². The van der Waals surface area contributed by atoms with Crippen molar-refractivity contribution in [2.75, 3.05) is 16.8 Å². The van der Waals surface area contributed by atoms with Crippen molar-refractivity contribution >= 4 is 17.4 Å². The van der Waals surface area contributed by atoms with Crippen LogP contribution in [0.25, 0.3) is 0 Å². The number of aromatic nitrogens is 1. The first-order chi connectivity index (χ1) is 13.1. The van der Waals surface area contributed by atoms with Gasteiger partial charge in [-0.05, 0) is 60.4 Å². The molecule has 1 aliphatic heterocycles. The fraction of sp³-hybridized carbons (Fsp3) is 0.182. The summed E-state index contributed by atoms with van der Waals surface area (Å²) in [7, 11) is 0. The second-order valence-corrected chi connectivity index (χ2v) is 6.80. The van der Waals surface area contributed by atoms with Crippen molar-refractivity contribution in [3.8, 4) is 5.75 Å². The Balaban J connectivity index is 1.47. The zero-order valence-electron chi connectivity index (χ0n) is 15.1. The van der Waals surface area contributed by atoms with Crippen molar-refractivity contribution in [2.45, 2.75) is 19.9 Å². The molecule has 0 aliphatic carbocycles. The van der Waals surface area contributed by atoms with Gasteiger partial charge >= 0.3 is 0 Å². The molecule has 2 heterocycles. The first kappa shape index (κ1) is 17.1. The molecule has 1 aromatic heterocycles. The number of phenolic OH excluding ortho intramolecular Hbond substituents is 1. The standard InChI is InChI=1S/C22H21N3O2/c1-15-12-19(26)7-8-20(15)24-22(27)17-6-9-21(23-13-17)25-11-10-16-4-2-3-5-18(16)14-25/h2-9,12-13,26H,10-11,14H2,1H3,(H,24,27). The molecule has 0 unspecified atom stereocenters. The normalized spacial score (nSPS) is 13.1. The van der Waals surface area contributed by atoms with Crippen molar-refractivity contribution in [1.82, 2.24) is 4.98 Å². The second-order valence-electron chi connectivity index (χ2n) is 6.80. The molecule has 0 spiro atoms. The van der Waals surface area contributed by atoms with Crippen LogP contribution in [0.15, 0.2) is 60.8 Å². The lowest BCUT2D eigenvalue weighted by Gasteiger charge is -2.29.